The summed E-state index contributed by atoms with van der Waals surface area (Å²) in [4.78, 5) is 31.5. The van der Waals surface area contributed by atoms with Gasteiger partial charge in [-0.1, -0.05) is 25.1 Å². The first-order chi connectivity index (χ1) is 17.6. The van der Waals surface area contributed by atoms with E-state index in [0.717, 1.165) is 70.6 Å². The molecule has 0 fully saturated rings. The molecule has 3 N–H and O–H groups in total. The molecule has 0 spiro atoms. The molecule has 0 radical (unpaired) electrons. The fourth-order valence-electron chi connectivity index (χ4n) is 4.83. The molecule has 6 rings (SSSR count). The molecule has 1 aromatic carbocycles. The van der Waals surface area contributed by atoms with E-state index in [1.54, 1.807) is 17.1 Å². The molecule has 0 saturated carbocycles. The lowest BCUT2D eigenvalue weighted by Crippen LogP contribution is -2.37. The number of nitrogen functional groups attached to an aromatic ring is 1. The van der Waals surface area contributed by atoms with Gasteiger partial charge in [0, 0.05) is 58.6 Å². The largest absolute Gasteiger partial charge is 0.368 e. The predicted molar refractivity (Wildman–Crippen MR) is 139 cm³/mol. The number of fused-ring (bicyclic) bond motifs is 2. The molecular weight excluding hydrogens is 452 g/mol. The van der Waals surface area contributed by atoms with Crippen molar-refractivity contribution in [2.24, 2.45) is 0 Å². The van der Waals surface area contributed by atoms with Crippen LogP contribution in [-0.4, -0.2) is 42.2 Å². The quantitative estimate of drug-likeness (QED) is 0.394. The highest BCUT2D eigenvalue weighted by Gasteiger charge is 2.22. The van der Waals surface area contributed by atoms with Gasteiger partial charge in [-0.05, 0) is 43.0 Å². The number of rotatable bonds is 5. The van der Waals surface area contributed by atoms with Gasteiger partial charge in [0.15, 0.2) is 0 Å². The average Bonchev–Trinajstić information content (AvgIpc) is 3.54. The maximum absolute atomic E-state index is 13.1. The van der Waals surface area contributed by atoms with Gasteiger partial charge in [-0.2, -0.15) is 5.10 Å². The van der Waals surface area contributed by atoms with E-state index < -0.39 is 0 Å². The summed E-state index contributed by atoms with van der Waals surface area (Å²) in [7, 11) is 0. The van der Waals surface area contributed by atoms with Crippen LogP contribution >= 0.6 is 0 Å². The van der Waals surface area contributed by atoms with Crippen LogP contribution in [0.5, 0.6) is 0 Å². The first-order valence-electron chi connectivity index (χ1n) is 12.1. The minimum atomic E-state index is 0.0337. The zero-order valence-electron chi connectivity index (χ0n) is 20.0. The summed E-state index contributed by atoms with van der Waals surface area (Å²) in [6, 6.07) is 12.1. The molecule has 1 amide bonds. The maximum Gasteiger partial charge on any atom is 0.248 e. The van der Waals surface area contributed by atoms with Crippen molar-refractivity contribution in [2.45, 2.75) is 32.7 Å². The summed E-state index contributed by atoms with van der Waals surface area (Å²) in [5.41, 5.74) is 13.3. The van der Waals surface area contributed by atoms with Crippen LogP contribution in [0.15, 0.2) is 61.2 Å². The van der Waals surface area contributed by atoms with E-state index in [0.29, 0.717) is 0 Å². The first kappa shape index (κ1) is 22.0. The molecule has 1 aliphatic rings. The number of nitrogens with zero attached hydrogens (tertiary/aromatic N) is 6. The Morgan fingerprint density at radius 1 is 1.14 bits per heavy atom. The first-order valence-corrected chi connectivity index (χ1v) is 12.1. The number of nitrogens with two attached hydrogens (primary N) is 1. The molecule has 0 aliphatic carbocycles. The van der Waals surface area contributed by atoms with Gasteiger partial charge in [0.05, 0.1) is 11.9 Å². The number of aryl methyl sites for hydroxylation is 2. The van der Waals surface area contributed by atoms with Gasteiger partial charge in [-0.25, -0.2) is 15.0 Å². The van der Waals surface area contributed by atoms with Crippen molar-refractivity contribution >= 4 is 28.6 Å². The molecule has 36 heavy (non-hydrogen) atoms. The van der Waals surface area contributed by atoms with Crippen molar-refractivity contribution in [3.8, 4) is 22.4 Å². The van der Waals surface area contributed by atoms with Crippen LogP contribution in [0.25, 0.3) is 33.4 Å². The Balaban J connectivity index is 1.27. The van der Waals surface area contributed by atoms with Gasteiger partial charge >= 0.3 is 0 Å². The molecular formula is C27H26N8O. The molecule has 0 unspecified atom stereocenters. The minimum Gasteiger partial charge on any atom is -0.368 e. The number of amides is 1. The van der Waals surface area contributed by atoms with Crippen LogP contribution in [0.2, 0.25) is 0 Å². The summed E-state index contributed by atoms with van der Waals surface area (Å²) >= 11 is 0. The van der Waals surface area contributed by atoms with E-state index in [4.69, 9.17) is 5.73 Å². The zero-order valence-corrected chi connectivity index (χ0v) is 20.0. The average molecular weight is 479 g/mol. The van der Waals surface area contributed by atoms with E-state index in [9.17, 15) is 4.79 Å². The number of carbonyl (C=O) groups is 1. The van der Waals surface area contributed by atoms with Gasteiger partial charge in [0.25, 0.3) is 0 Å². The van der Waals surface area contributed by atoms with Gasteiger partial charge < -0.3 is 15.6 Å². The molecule has 9 nitrogen and oxygen atoms in total. The van der Waals surface area contributed by atoms with Gasteiger partial charge in [0.1, 0.15) is 12.2 Å². The molecule has 0 atom stereocenters. The molecule has 0 saturated heterocycles. The third-order valence-corrected chi connectivity index (χ3v) is 6.64. The molecule has 1 aliphatic heterocycles. The number of anilines is 2. The number of aromatic amines is 1. The smallest absolute Gasteiger partial charge is 0.248 e. The lowest BCUT2D eigenvalue weighted by molar-refractivity contribution is -0.119. The highest BCUT2D eigenvalue weighted by molar-refractivity contribution is 5.95. The molecule has 180 valence electrons. The second-order valence-corrected chi connectivity index (χ2v) is 8.98. The van der Waals surface area contributed by atoms with E-state index in [1.165, 1.54) is 5.56 Å². The third-order valence-electron chi connectivity index (χ3n) is 6.64. The SMILES string of the molecule is CCc1cc(-c2c[nH]c3ncc(-c4cnn(CC(=O)N5CCCc6ccccc65)c4)cc23)nc(N)n1. The summed E-state index contributed by atoms with van der Waals surface area (Å²) < 4.78 is 1.69. The lowest BCUT2D eigenvalue weighted by Gasteiger charge is -2.29. The van der Waals surface area contributed by atoms with Gasteiger partial charge in [-0.3, -0.25) is 9.48 Å². The highest BCUT2D eigenvalue weighted by Crippen LogP contribution is 2.31. The lowest BCUT2D eigenvalue weighted by atomic mass is 10.0. The number of H-pyrrole nitrogens is 1. The molecule has 4 aromatic heterocycles. The number of hydrogen-bond donors (Lipinski definition) is 2. The number of hydrogen-bond acceptors (Lipinski definition) is 6. The van der Waals surface area contributed by atoms with E-state index in [1.807, 2.05) is 48.5 Å². The number of para-hydroxylation sites is 1. The summed E-state index contributed by atoms with van der Waals surface area (Å²) in [6.45, 7) is 2.94. The van der Waals surface area contributed by atoms with Crippen LogP contribution in [0.3, 0.4) is 0 Å². The van der Waals surface area contributed by atoms with E-state index in [2.05, 4.69) is 37.2 Å². The number of carbonyl (C=O) groups excluding carboxylic acids is 1. The Labute approximate surface area is 208 Å². The predicted octanol–water partition coefficient (Wildman–Crippen LogP) is 4.01. The van der Waals surface area contributed by atoms with Crippen molar-refractivity contribution in [1.82, 2.24) is 29.7 Å². The Hall–Kier alpha value is -4.53. The van der Waals surface area contributed by atoms with E-state index >= 15 is 0 Å². The fraction of sp³-hybridized carbons (Fsp3) is 0.222. The van der Waals surface area contributed by atoms with E-state index in [-0.39, 0.29) is 18.4 Å². The standard InChI is InChI=1S/C27H26N8O/c1-2-20-11-23(33-27(28)32-20)22-14-30-26-21(22)10-18(12-29-26)19-13-31-34(15-19)16-25(36)35-9-5-7-17-6-3-4-8-24(17)35/h3-4,6,8,10-15H,2,5,7,9,16H2,1H3,(H,29,30)(H2,28,32,33). The molecule has 5 aromatic rings. The Morgan fingerprint density at radius 2 is 2.03 bits per heavy atom. The van der Waals surface area contributed by atoms with Crippen molar-refractivity contribution in [2.75, 3.05) is 17.2 Å². The zero-order chi connectivity index (χ0) is 24.6. The van der Waals surface area contributed by atoms with Crippen LogP contribution in [0.1, 0.15) is 24.6 Å². The summed E-state index contributed by atoms with van der Waals surface area (Å²) in [6.07, 6.45) is 10.1. The number of nitrogens with one attached hydrogen (secondary N) is 1. The topological polar surface area (TPSA) is 119 Å². The molecule has 0 bridgehead atoms. The normalized spacial score (nSPS) is 13.2. The Morgan fingerprint density at radius 3 is 2.92 bits per heavy atom. The van der Waals surface area contributed by atoms with Crippen LogP contribution in [-0.2, 0) is 24.2 Å². The summed E-state index contributed by atoms with van der Waals surface area (Å²) in [5.74, 6) is 0.288. The van der Waals surface area contributed by atoms with Crippen LogP contribution in [0, 0.1) is 0 Å². The second kappa shape index (κ2) is 8.92. The molecule has 5 heterocycles. The Kier molecular flexibility index (Phi) is 5.44. The molecule has 9 heteroatoms. The second-order valence-electron chi connectivity index (χ2n) is 8.98. The van der Waals surface area contributed by atoms with Crippen molar-refractivity contribution in [1.29, 1.82) is 0 Å². The number of benzene rings is 1. The summed E-state index contributed by atoms with van der Waals surface area (Å²) in [5, 5.41) is 5.39. The van der Waals surface area contributed by atoms with Crippen LogP contribution in [0.4, 0.5) is 11.6 Å². The highest BCUT2D eigenvalue weighted by atomic mass is 16.2. The van der Waals surface area contributed by atoms with Crippen molar-refractivity contribution in [3.05, 3.63) is 72.4 Å². The monoisotopic (exact) mass is 478 g/mol. The van der Waals surface area contributed by atoms with Gasteiger partial charge in [-0.15, -0.1) is 0 Å². The maximum atomic E-state index is 13.1. The third kappa shape index (κ3) is 3.98. The van der Waals surface area contributed by atoms with Crippen molar-refractivity contribution < 1.29 is 4.79 Å². The van der Waals surface area contributed by atoms with Crippen LogP contribution < -0.4 is 10.6 Å². The van der Waals surface area contributed by atoms with Crippen molar-refractivity contribution in [3.63, 3.8) is 0 Å². The number of pyridine rings is 1. The Bertz CT molecular complexity index is 1580. The minimum absolute atomic E-state index is 0.0337. The number of aromatic nitrogens is 6. The fourth-order valence-corrected chi connectivity index (χ4v) is 4.83. The van der Waals surface area contributed by atoms with Gasteiger partial charge in [0.2, 0.25) is 11.9 Å².